The van der Waals surface area contributed by atoms with Gasteiger partial charge in [-0.1, -0.05) is 36.4 Å². The van der Waals surface area contributed by atoms with E-state index in [0.29, 0.717) is 11.3 Å². The van der Waals surface area contributed by atoms with Crippen molar-refractivity contribution in [3.8, 4) is 0 Å². The zero-order valence-corrected chi connectivity index (χ0v) is 14.7. The molecule has 0 spiro atoms. The van der Waals surface area contributed by atoms with Gasteiger partial charge in [-0.25, -0.2) is 17.6 Å². The average Bonchev–Trinajstić information content (AvgIpc) is 3.11. The van der Waals surface area contributed by atoms with Gasteiger partial charge in [0.15, 0.2) is 9.84 Å². The lowest BCUT2D eigenvalue weighted by molar-refractivity contribution is 0.155. The van der Waals surface area contributed by atoms with Gasteiger partial charge in [0.2, 0.25) is 0 Å². The van der Waals surface area contributed by atoms with Crippen molar-refractivity contribution in [3.05, 3.63) is 65.5 Å². The summed E-state index contributed by atoms with van der Waals surface area (Å²) in [4.78, 5) is 11.8. The first kappa shape index (κ1) is 17.0. The zero-order valence-electron chi connectivity index (χ0n) is 13.9. The molecular weight excluding hydrogens is 357 g/mol. The Bertz CT molecular complexity index is 927. The first-order valence-corrected chi connectivity index (χ1v) is 10.2. The third kappa shape index (κ3) is 3.44. The number of rotatable bonds is 4. The molecule has 1 saturated heterocycles. The second kappa shape index (κ2) is 6.39. The molecule has 0 aromatic heterocycles. The van der Waals surface area contributed by atoms with Gasteiger partial charge in [-0.2, -0.15) is 0 Å². The summed E-state index contributed by atoms with van der Waals surface area (Å²) in [5.74, 6) is -0.102. The first-order chi connectivity index (χ1) is 12.4. The van der Waals surface area contributed by atoms with E-state index in [-0.39, 0.29) is 35.9 Å². The van der Waals surface area contributed by atoms with E-state index in [4.69, 9.17) is 4.74 Å². The number of amides is 1. The molecule has 2 fully saturated rings. The van der Waals surface area contributed by atoms with Crippen molar-refractivity contribution < 1.29 is 22.3 Å². The highest BCUT2D eigenvalue weighted by Crippen LogP contribution is 2.59. The van der Waals surface area contributed by atoms with Crippen LogP contribution in [0.1, 0.15) is 17.0 Å². The molecule has 3 atom stereocenters. The number of halogens is 1. The second-order valence-corrected chi connectivity index (χ2v) is 9.01. The SMILES string of the molecule is O=C(Nc1ccc(C2[C@H]3CS(=O)(=O)C[C@@H]23)c(F)c1)OCc1ccccc1. The molecule has 1 aliphatic carbocycles. The van der Waals surface area contributed by atoms with Crippen molar-refractivity contribution in [1.82, 2.24) is 0 Å². The lowest BCUT2D eigenvalue weighted by Crippen LogP contribution is -2.14. The Labute approximate surface area is 151 Å². The van der Waals surface area contributed by atoms with Crippen LogP contribution in [0.4, 0.5) is 14.9 Å². The standard InChI is InChI=1S/C19H18FNO4S/c20-17-8-13(21-19(22)25-9-12-4-2-1-3-5-12)6-7-14(17)18-15-10-26(23,24)11-16(15)18/h1-8,15-16,18H,9-11H2,(H,21,22)/t15-,16+,18?. The Kier molecular flexibility index (Phi) is 4.19. The van der Waals surface area contributed by atoms with Crippen LogP contribution in [0.25, 0.3) is 0 Å². The highest BCUT2D eigenvalue weighted by Gasteiger charge is 2.59. The van der Waals surface area contributed by atoms with E-state index in [1.165, 1.54) is 6.07 Å². The number of sulfone groups is 1. The molecule has 2 aliphatic rings. The quantitative estimate of drug-likeness (QED) is 0.890. The van der Waals surface area contributed by atoms with Crippen molar-refractivity contribution in [3.63, 3.8) is 0 Å². The van der Waals surface area contributed by atoms with Crippen molar-refractivity contribution in [2.45, 2.75) is 12.5 Å². The molecule has 1 aliphatic heterocycles. The Morgan fingerprint density at radius 3 is 2.46 bits per heavy atom. The van der Waals surface area contributed by atoms with Crippen LogP contribution in [-0.4, -0.2) is 26.0 Å². The van der Waals surface area contributed by atoms with Gasteiger partial charge in [0.25, 0.3) is 0 Å². The molecule has 1 unspecified atom stereocenters. The molecule has 5 nitrogen and oxygen atoms in total. The zero-order chi connectivity index (χ0) is 18.3. The average molecular weight is 375 g/mol. The normalized spacial score (nSPS) is 25.3. The largest absolute Gasteiger partial charge is 0.444 e. The van der Waals surface area contributed by atoms with E-state index in [9.17, 15) is 17.6 Å². The maximum absolute atomic E-state index is 14.4. The first-order valence-electron chi connectivity index (χ1n) is 8.40. The van der Waals surface area contributed by atoms with E-state index >= 15 is 0 Å². The molecule has 26 heavy (non-hydrogen) atoms. The maximum Gasteiger partial charge on any atom is 0.411 e. The van der Waals surface area contributed by atoms with E-state index in [2.05, 4.69) is 5.32 Å². The number of nitrogens with one attached hydrogen (secondary N) is 1. The molecule has 4 rings (SSSR count). The van der Waals surface area contributed by atoms with Crippen LogP contribution in [0, 0.1) is 17.7 Å². The van der Waals surface area contributed by atoms with Crippen molar-refractivity contribution in [1.29, 1.82) is 0 Å². The Morgan fingerprint density at radius 1 is 1.12 bits per heavy atom. The summed E-state index contributed by atoms with van der Waals surface area (Å²) >= 11 is 0. The third-order valence-electron chi connectivity index (χ3n) is 5.04. The van der Waals surface area contributed by atoms with Gasteiger partial charge >= 0.3 is 6.09 Å². The van der Waals surface area contributed by atoms with Crippen molar-refractivity contribution >= 4 is 21.6 Å². The van der Waals surface area contributed by atoms with E-state index in [1.807, 2.05) is 30.3 Å². The molecule has 0 bridgehead atoms. The number of fused-ring (bicyclic) bond motifs is 1. The number of benzene rings is 2. The summed E-state index contributed by atoms with van der Waals surface area (Å²) in [6, 6.07) is 13.7. The summed E-state index contributed by atoms with van der Waals surface area (Å²) in [6.45, 7) is 0.132. The lowest BCUT2D eigenvalue weighted by Gasteiger charge is -2.10. The van der Waals surface area contributed by atoms with Crippen LogP contribution in [0.3, 0.4) is 0 Å². The molecule has 7 heteroatoms. The van der Waals surface area contributed by atoms with Gasteiger partial charge in [-0.05, 0) is 41.0 Å². The molecule has 0 radical (unpaired) electrons. The lowest BCUT2D eigenvalue weighted by atomic mass is 10.1. The van der Waals surface area contributed by atoms with Gasteiger partial charge in [-0.3, -0.25) is 5.32 Å². The monoisotopic (exact) mass is 375 g/mol. The van der Waals surface area contributed by atoms with Crippen LogP contribution in [0.5, 0.6) is 0 Å². The Hall–Kier alpha value is -2.41. The number of carbonyl (C=O) groups is 1. The number of hydrogen-bond acceptors (Lipinski definition) is 4. The molecule has 1 saturated carbocycles. The van der Waals surface area contributed by atoms with Crippen LogP contribution >= 0.6 is 0 Å². The van der Waals surface area contributed by atoms with Crippen LogP contribution in [-0.2, 0) is 21.2 Å². The van der Waals surface area contributed by atoms with E-state index < -0.39 is 21.7 Å². The number of hydrogen-bond donors (Lipinski definition) is 1. The number of anilines is 1. The summed E-state index contributed by atoms with van der Waals surface area (Å²) < 4.78 is 42.5. The summed E-state index contributed by atoms with van der Waals surface area (Å²) in [5, 5.41) is 2.51. The summed E-state index contributed by atoms with van der Waals surface area (Å²) in [6.07, 6.45) is -0.657. The molecule has 2 aromatic rings. The van der Waals surface area contributed by atoms with Gasteiger partial charge in [0.05, 0.1) is 11.5 Å². The van der Waals surface area contributed by atoms with Gasteiger partial charge in [0.1, 0.15) is 12.4 Å². The number of ether oxygens (including phenoxy) is 1. The van der Waals surface area contributed by atoms with Crippen molar-refractivity contribution in [2.24, 2.45) is 11.8 Å². The Balaban J connectivity index is 1.36. The molecule has 1 amide bonds. The van der Waals surface area contributed by atoms with Crippen LogP contribution < -0.4 is 5.32 Å². The minimum atomic E-state index is -2.95. The van der Waals surface area contributed by atoms with E-state index in [1.54, 1.807) is 12.1 Å². The minimum absolute atomic E-state index is 0.0300. The number of carbonyl (C=O) groups excluding carboxylic acids is 1. The fourth-order valence-corrected chi connectivity index (χ4v) is 5.99. The molecule has 1 heterocycles. The topological polar surface area (TPSA) is 72.5 Å². The van der Waals surface area contributed by atoms with Crippen LogP contribution in [0.2, 0.25) is 0 Å². The smallest absolute Gasteiger partial charge is 0.411 e. The van der Waals surface area contributed by atoms with Crippen LogP contribution in [0.15, 0.2) is 48.5 Å². The van der Waals surface area contributed by atoms with Gasteiger partial charge in [-0.15, -0.1) is 0 Å². The highest BCUT2D eigenvalue weighted by molar-refractivity contribution is 7.91. The Morgan fingerprint density at radius 2 is 1.81 bits per heavy atom. The minimum Gasteiger partial charge on any atom is -0.444 e. The maximum atomic E-state index is 14.4. The molecule has 2 aromatic carbocycles. The predicted octanol–water partition coefficient (Wildman–Crippen LogP) is 3.33. The molecule has 1 N–H and O–H groups in total. The second-order valence-electron chi connectivity index (χ2n) is 6.85. The fourth-order valence-electron chi connectivity index (χ4n) is 3.77. The molecule has 136 valence electrons. The summed E-state index contributed by atoms with van der Waals surface area (Å²) in [5.41, 5.74) is 1.69. The van der Waals surface area contributed by atoms with Gasteiger partial charge < -0.3 is 4.74 Å². The van der Waals surface area contributed by atoms with E-state index in [0.717, 1.165) is 5.56 Å². The predicted molar refractivity (Wildman–Crippen MR) is 95.0 cm³/mol. The summed E-state index contributed by atoms with van der Waals surface area (Å²) in [7, 11) is -2.95. The third-order valence-corrected chi connectivity index (χ3v) is 6.83. The fraction of sp³-hybridized carbons (Fsp3) is 0.316. The van der Waals surface area contributed by atoms with Crippen molar-refractivity contribution in [2.75, 3.05) is 16.8 Å². The highest BCUT2D eigenvalue weighted by atomic mass is 32.2. The molecular formula is C19H18FNO4S. The van der Waals surface area contributed by atoms with Gasteiger partial charge in [0, 0.05) is 5.69 Å².